The maximum atomic E-state index is 13.0. The Morgan fingerprint density at radius 2 is 2.00 bits per heavy atom. The molecule has 0 saturated carbocycles. The molecule has 3 aromatic rings. The van der Waals surface area contributed by atoms with Gasteiger partial charge >= 0.3 is 5.97 Å². The zero-order chi connectivity index (χ0) is 20.1. The van der Waals surface area contributed by atoms with Crippen LogP contribution in [0.2, 0.25) is 0 Å². The number of esters is 1. The highest BCUT2D eigenvalue weighted by Crippen LogP contribution is 2.43. The van der Waals surface area contributed by atoms with Crippen LogP contribution in [-0.4, -0.2) is 29.5 Å². The molecule has 2 aliphatic heterocycles. The van der Waals surface area contributed by atoms with E-state index >= 15 is 0 Å². The average molecular weight is 449 g/mol. The van der Waals surface area contributed by atoms with Gasteiger partial charge in [0.15, 0.2) is 0 Å². The van der Waals surface area contributed by atoms with Crippen LogP contribution in [0.3, 0.4) is 0 Å². The Labute approximate surface area is 178 Å². The monoisotopic (exact) mass is 448 g/mol. The number of ether oxygens (including phenoxy) is 1. The lowest BCUT2D eigenvalue weighted by atomic mass is 9.84. The summed E-state index contributed by atoms with van der Waals surface area (Å²) in [7, 11) is 1.45. The number of aromatic nitrogens is 1. The third-order valence-corrected chi connectivity index (χ3v) is 6.38. The lowest BCUT2D eigenvalue weighted by Gasteiger charge is -2.35. The van der Waals surface area contributed by atoms with Gasteiger partial charge in [0.05, 0.1) is 24.1 Å². The second-order valence-electron chi connectivity index (χ2n) is 7.60. The summed E-state index contributed by atoms with van der Waals surface area (Å²) >= 11 is 3.49. The normalized spacial score (nSPS) is 18.0. The summed E-state index contributed by atoms with van der Waals surface area (Å²) in [5.41, 5.74) is 7.33. The van der Waals surface area contributed by atoms with E-state index in [2.05, 4.69) is 75.3 Å². The van der Waals surface area contributed by atoms with Gasteiger partial charge in [-0.3, -0.25) is 0 Å². The molecule has 5 heteroatoms. The fourth-order valence-electron chi connectivity index (χ4n) is 4.46. The van der Waals surface area contributed by atoms with Gasteiger partial charge in [0, 0.05) is 34.0 Å². The van der Waals surface area contributed by atoms with Crippen molar-refractivity contribution < 1.29 is 9.53 Å². The predicted molar refractivity (Wildman–Crippen MR) is 118 cm³/mol. The second-order valence-corrected chi connectivity index (χ2v) is 8.51. The molecule has 3 heterocycles. The molecule has 2 aliphatic rings. The maximum Gasteiger partial charge on any atom is 0.336 e. The SMILES string of the molecule is COC(=O)C1=C2c3[nH]c4ccc(C)cc4c3CCN2C=C[C@H]1c1ccc(Br)cc1. The van der Waals surface area contributed by atoms with Crippen LogP contribution in [-0.2, 0) is 16.0 Å². The number of hydrogen-bond donors (Lipinski definition) is 1. The van der Waals surface area contributed by atoms with Gasteiger partial charge in [0.25, 0.3) is 0 Å². The number of halogens is 1. The number of nitrogens with one attached hydrogen (secondary N) is 1. The molecule has 2 aromatic carbocycles. The fourth-order valence-corrected chi connectivity index (χ4v) is 4.73. The summed E-state index contributed by atoms with van der Waals surface area (Å²) in [5, 5.41) is 1.24. The van der Waals surface area contributed by atoms with E-state index in [1.807, 2.05) is 12.1 Å². The topological polar surface area (TPSA) is 45.3 Å². The smallest absolute Gasteiger partial charge is 0.336 e. The largest absolute Gasteiger partial charge is 0.466 e. The first kappa shape index (κ1) is 18.3. The molecule has 0 aliphatic carbocycles. The van der Waals surface area contributed by atoms with Crippen molar-refractivity contribution >= 4 is 38.5 Å². The predicted octanol–water partition coefficient (Wildman–Crippen LogP) is 5.29. The Bertz CT molecular complexity index is 1190. The summed E-state index contributed by atoms with van der Waals surface area (Å²) in [6, 6.07) is 14.6. The third-order valence-electron chi connectivity index (χ3n) is 5.85. The van der Waals surface area contributed by atoms with E-state index in [1.165, 1.54) is 23.6 Å². The number of hydrogen-bond acceptors (Lipinski definition) is 3. The summed E-state index contributed by atoms with van der Waals surface area (Å²) in [6.45, 7) is 2.95. The highest BCUT2D eigenvalue weighted by atomic mass is 79.9. The van der Waals surface area contributed by atoms with Gasteiger partial charge in [-0.15, -0.1) is 0 Å². The molecule has 0 bridgehead atoms. The zero-order valence-corrected chi connectivity index (χ0v) is 17.9. The standard InChI is InChI=1S/C24H21BrN2O2/c1-14-3-8-20-19(13-14)18-10-12-27-11-9-17(15-4-6-16(25)7-5-15)21(24(28)29-2)23(27)22(18)26-20/h3-9,11,13,17,26H,10,12H2,1-2H3/t17-/m0/s1. The Kier molecular flexibility index (Phi) is 4.36. The van der Waals surface area contributed by atoms with Gasteiger partial charge in [-0.2, -0.15) is 0 Å². The number of benzene rings is 2. The first-order chi connectivity index (χ1) is 14.1. The van der Waals surface area contributed by atoms with E-state index in [1.54, 1.807) is 0 Å². The van der Waals surface area contributed by atoms with E-state index in [0.717, 1.165) is 39.9 Å². The average Bonchev–Trinajstić information content (AvgIpc) is 3.11. The van der Waals surface area contributed by atoms with Crippen LogP contribution < -0.4 is 0 Å². The molecule has 1 N–H and O–H groups in total. The molecule has 0 fully saturated rings. The number of nitrogens with zero attached hydrogens (tertiary/aromatic N) is 1. The third kappa shape index (κ3) is 2.92. The molecule has 4 nitrogen and oxygen atoms in total. The van der Waals surface area contributed by atoms with Crippen LogP contribution in [0.15, 0.2) is 64.8 Å². The van der Waals surface area contributed by atoms with Crippen molar-refractivity contribution in [2.45, 2.75) is 19.3 Å². The summed E-state index contributed by atoms with van der Waals surface area (Å²) < 4.78 is 6.26. The molecule has 0 amide bonds. The van der Waals surface area contributed by atoms with E-state index in [4.69, 9.17) is 4.74 Å². The van der Waals surface area contributed by atoms with Crippen molar-refractivity contribution in [3.63, 3.8) is 0 Å². The lowest BCUT2D eigenvalue weighted by molar-refractivity contribution is -0.136. The number of carbonyl (C=O) groups excluding carboxylic acids is 1. The van der Waals surface area contributed by atoms with E-state index < -0.39 is 0 Å². The van der Waals surface area contributed by atoms with Crippen molar-refractivity contribution in [3.05, 3.63) is 87.2 Å². The van der Waals surface area contributed by atoms with Crippen molar-refractivity contribution in [2.24, 2.45) is 0 Å². The van der Waals surface area contributed by atoms with Crippen LogP contribution in [0.25, 0.3) is 16.6 Å². The van der Waals surface area contributed by atoms with Crippen molar-refractivity contribution in [1.82, 2.24) is 9.88 Å². The summed E-state index contributed by atoms with van der Waals surface area (Å²) in [4.78, 5) is 18.7. The van der Waals surface area contributed by atoms with Crippen molar-refractivity contribution in [3.8, 4) is 0 Å². The van der Waals surface area contributed by atoms with Gasteiger partial charge in [0.1, 0.15) is 0 Å². The number of carbonyl (C=O) groups is 1. The molecule has 146 valence electrons. The van der Waals surface area contributed by atoms with Crippen molar-refractivity contribution in [2.75, 3.05) is 13.7 Å². The molecule has 1 aromatic heterocycles. The number of H-pyrrole nitrogens is 1. The van der Waals surface area contributed by atoms with Gasteiger partial charge in [-0.05, 0) is 48.7 Å². The number of allylic oxidation sites excluding steroid dienone is 1. The minimum absolute atomic E-state index is 0.152. The van der Waals surface area contributed by atoms with Crippen LogP contribution in [0.1, 0.15) is 28.3 Å². The van der Waals surface area contributed by atoms with Crippen molar-refractivity contribution in [1.29, 1.82) is 0 Å². The van der Waals surface area contributed by atoms with E-state index in [0.29, 0.717) is 5.57 Å². The van der Waals surface area contributed by atoms with Gasteiger partial charge in [0.2, 0.25) is 0 Å². The van der Waals surface area contributed by atoms with E-state index in [-0.39, 0.29) is 11.9 Å². The van der Waals surface area contributed by atoms with Crippen LogP contribution in [0.4, 0.5) is 0 Å². The first-order valence-corrected chi connectivity index (χ1v) is 10.5. The Morgan fingerprint density at radius 1 is 1.21 bits per heavy atom. The van der Waals surface area contributed by atoms with E-state index in [9.17, 15) is 4.79 Å². The molecule has 1 atom stereocenters. The lowest BCUT2D eigenvalue weighted by Crippen LogP contribution is -2.31. The summed E-state index contributed by atoms with van der Waals surface area (Å²) in [6.07, 6.45) is 5.13. The molecule has 0 saturated heterocycles. The van der Waals surface area contributed by atoms with Gasteiger partial charge in [-0.1, -0.05) is 45.8 Å². The van der Waals surface area contributed by atoms with Gasteiger partial charge in [-0.25, -0.2) is 4.79 Å². The molecule has 0 spiro atoms. The number of rotatable bonds is 2. The number of fused-ring (bicyclic) bond motifs is 5. The maximum absolute atomic E-state index is 13.0. The fraction of sp³-hybridized carbons (Fsp3) is 0.208. The van der Waals surface area contributed by atoms with Crippen LogP contribution in [0, 0.1) is 6.92 Å². The first-order valence-electron chi connectivity index (χ1n) is 9.71. The Hall–Kier alpha value is -2.79. The highest BCUT2D eigenvalue weighted by Gasteiger charge is 2.35. The molecule has 5 rings (SSSR count). The number of methoxy groups -OCH3 is 1. The Morgan fingerprint density at radius 3 is 2.76 bits per heavy atom. The van der Waals surface area contributed by atoms with Gasteiger partial charge < -0.3 is 14.6 Å². The molecular weight excluding hydrogens is 428 g/mol. The Balaban J connectivity index is 1.76. The molecule has 29 heavy (non-hydrogen) atoms. The second kappa shape index (κ2) is 6.92. The number of aromatic amines is 1. The molecular formula is C24H21BrN2O2. The quantitative estimate of drug-likeness (QED) is 0.541. The molecule has 0 unspecified atom stereocenters. The van der Waals surface area contributed by atoms with Crippen LogP contribution in [0.5, 0.6) is 0 Å². The highest BCUT2D eigenvalue weighted by molar-refractivity contribution is 9.10. The molecule has 0 radical (unpaired) electrons. The minimum atomic E-state index is -0.287. The minimum Gasteiger partial charge on any atom is -0.466 e. The zero-order valence-electron chi connectivity index (χ0n) is 16.3. The van der Waals surface area contributed by atoms with Crippen LogP contribution >= 0.6 is 15.9 Å². The summed E-state index contributed by atoms with van der Waals surface area (Å²) in [5.74, 6) is -0.439. The number of aryl methyl sites for hydroxylation is 1.